The van der Waals surface area contributed by atoms with Crippen LogP contribution in [0.3, 0.4) is 0 Å². The van der Waals surface area contributed by atoms with Crippen molar-refractivity contribution in [2.24, 2.45) is 0 Å². The number of benzene rings is 1. The van der Waals surface area contributed by atoms with Crippen molar-refractivity contribution in [1.29, 1.82) is 0 Å². The maximum atomic E-state index is 12.8. The van der Waals surface area contributed by atoms with E-state index < -0.39 is 0 Å². The zero-order chi connectivity index (χ0) is 17.9. The van der Waals surface area contributed by atoms with Crippen molar-refractivity contribution >= 4 is 5.91 Å². The molecule has 0 atom stereocenters. The molecule has 2 aliphatic heterocycles. The number of morpholine rings is 1. The molecule has 0 aliphatic carbocycles. The Morgan fingerprint density at radius 2 is 2.08 bits per heavy atom. The molecule has 1 fully saturated rings. The number of carbonyl (C=O) groups excluding carboxylic acids is 1. The summed E-state index contributed by atoms with van der Waals surface area (Å²) in [5.74, 6) is 1.89. The monoisotopic (exact) mass is 356 g/mol. The third kappa shape index (κ3) is 3.45. The summed E-state index contributed by atoms with van der Waals surface area (Å²) >= 11 is 0. The summed E-state index contributed by atoms with van der Waals surface area (Å²) in [5.41, 5.74) is 1.91. The van der Waals surface area contributed by atoms with Gasteiger partial charge in [0.05, 0.1) is 33.1 Å². The Labute approximate surface area is 153 Å². The van der Waals surface area contributed by atoms with Crippen LogP contribution >= 0.6 is 0 Å². The number of imidazole rings is 1. The van der Waals surface area contributed by atoms with Gasteiger partial charge in [0.1, 0.15) is 17.3 Å². The number of ether oxygens (including phenoxy) is 2. The van der Waals surface area contributed by atoms with E-state index in [4.69, 9.17) is 9.47 Å². The lowest BCUT2D eigenvalue weighted by Gasteiger charge is -2.30. The van der Waals surface area contributed by atoms with Crippen LogP contribution < -0.4 is 4.74 Å². The normalized spacial score (nSPS) is 17.8. The van der Waals surface area contributed by atoms with Crippen LogP contribution in [0.1, 0.15) is 21.9 Å². The second kappa shape index (κ2) is 7.47. The topological polar surface area (TPSA) is 59.8 Å². The Morgan fingerprint density at radius 3 is 2.88 bits per heavy atom. The lowest BCUT2D eigenvalue weighted by Crippen LogP contribution is -2.42. The van der Waals surface area contributed by atoms with Crippen LogP contribution in [0.2, 0.25) is 0 Å². The van der Waals surface area contributed by atoms with Crippen molar-refractivity contribution in [3.63, 3.8) is 0 Å². The highest BCUT2D eigenvalue weighted by atomic mass is 16.5. The van der Waals surface area contributed by atoms with Crippen LogP contribution in [0.15, 0.2) is 30.5 Å². The van der Waals surface area contributed by atoms with Crippen molar-refractivity contribution < 1.29 is 14.3 Å². The van der Waals surface area contributed by atoms with E-state index in [1.54, 1.807) is 13.3 Å². The van der Waals surface area contributed by atoms with Gasteiger partial charge in [0.2, 0.25) is 0 Å². The summed E-state index contributed by atoms with van der Waals surface area (Å²) in [6.45, 7) is 5.80. The Bertz CT molecular complexity index is 783. The summed E-state index contributed by atoms with van der Waals surface area (Å²) in [5, 5.41) is 0. The van der Waals surface area contributed by atoms with Gasteiger partial charge in [-0.2, -0.15) is 0 Å². The van der Waals surface area contributed by atoms with Crippen LogP contribution in [-0.4, -0.2) is 65.2 Å². The minimum Gasteiger partial charge on any atom is -0.497 e. The third-order valence-electron chi connectivity index (χ3n) is 5.00. The molecule has 1 aromatic heterocycles. The molecule has 1 saturated heterocycles. The Hall–Kier alpha value is -2.38. The van der Waals surface area contributed by atoms with Gasteiger partial charge in [-0.1, -0.05) is 12.1 Å². The summed E-state index contributed by atoms with van der Waals surface area (Å²) in [6.07, 6.45) is 1.72. The van der Waals surface area contributed by atoms with E-state index in [9.17, 15) is 4.79 Å². The first-order chi connectivity index (χ1) is 12.7. The van der Waals surface area contributed by atoms with Gasteiger partial charge in [-0.3, -0.25) is 9.69 Å². The zero-order valence-corrected chi connectivity index (χ0v) is 15.1. The van der Waals surface area contributed by atoms with Crippen LogP contribution in [0, 0.1) is 0 Å². The number of aromatic nitrogens is 2. The lowest BCUT2D eigenvalue weighted by atomic mass is 10.2. The van der Waals surface area contributed by atoms with Gasteiger partial charge in [0, 0.05) is 32.7 Å². The zero-order valence-electron chi connectivity index (χ0n) is 15.1. The maximum Gasteiger partial charge on any atom is 0.272 e. The van der Waals surface area contributed by atoms with E-state index in [1.807, 2.05) is 17.0 Å². The second-order valence-corrected chi connectivity index (χ2v) is 6.68. The number of hydrogen-bond donors (Lipinski definition) is 0. The van der Waals surface area contributed by atoms with E-state index in [0.29, 0.717) is 32.0 Å². The van der Waals surface area contributed by atoms with Crippen LogP contribution in [0.4, 0.5) is 0 Å². The van der Waals surface area contributed by atoms with Gasteiger partial charge >= 0.3 is 0 Å². The van der Waals surface area contributed by atoms with Gasteiger partial charge in [0.15, 0.2) is 0 Å². The molecule has 1 aromatic carbocycles. The average molecular weight is 356 g/mol. The summed E-state index contributed by atoms with van der Waals surface area (Å²) in [4.78, 5) is 21.5. The van der Waals surface area contributed by atoms with E-state index in [1.165, 1.54) is 5.56 Å². The summed E-state index contributed by atoms with van der Waals surface area (Å²) < 4.78 is 12.7. The SMILES string of the molecule is COc1cccc(CN2CCn3c(C(=O)N4CCOCC4)cnc3C2)c1. The highest BCUT2D eigenvalue weighted by molar-refractivity contribution is 5.92. The van der Waals surface area contributed by atoms with Gasteiger partial charge in [-0.15, -0.1) is 0 Å². The molecule has 7 heteroatoms. The number of carbonyl (C=O) groups is 1. The second-order valence-electron chi connectivity index (χ2n) is 6.68. The molecular formula is C19H24N4O3. The molecule has 3 heterocycles. The lowest BCUT2D eigenvalue weighted by molar-refractivity contribution is 0.0294. The third-order valence-corrected chi connectivity index (χ3v) is 5.00. The molecule has 2 aliphatic rings. The molecule has 0 saturated carbocycles. The fraction of sp³-hybridized carbons (Fsp3) is 0.474. The van der Waals surface area contributed by atoms with Crippen LogP contribution in [-0.2, 0) is 24.4 Å². The molecule has 0 radical (unpaired) electrons. The molecule has 1 amide bonds. The van der Waals surface area contributed by atoms with Crippen molar-refractivity contribution in [2.75, 3.05) is 40.0 Å². The van der Waals surface area contributed by atoms with E-state index in [2.05, 4.69) is 26.6 Å². The number of fused-ring (bicyclic) bond motifs is 1. The van der Waals surface area contributed by atoms with Crippen LogP contribution in [0.5, 0.6) is 5.75 Å². The maximum absolute atomic E-state index is 12.8. The molecular weight excluding hydrogens is 332 g/mol. The fourth-order valence-corrected chi connectivity index (χ4v) is 3.57. The highest BCUT2D eigenvalue weighted by Crippen LogP contribution is 2.20. The molecule has 0 unspecified atom stereocenters. The van der Waals surface area contributed by atoms with Gasteiger partial charge in [-0.05, 0) is 17.7 Å². The molecule has 4 rings (SSSR count). The first-order valence-electron chi connectivity index (χ1n) is 9.01. The quantitative estimate of drug-likeness (QED) is 0.828. The number of methoxy groups -OCH3 is 1. The number of hydrogen-bond acceptors (Lipinski definition) is 5. The van der Waals surface area contributed by atoms with E-state index in [0.717, 1.165) is 37.8 Å². The summed E-state index contributed by atoms with van der Waals surface area (Å²) in [6, 6.07) is 8.14. The molecule has 0 spiro atoms. The molecule has 2 aromatic rings. The van der Waals surface area contributed by atoms with E-state index in [-0.39, 0.29) is 5.91 Å². The van der Waals surface area contributed by atoms with Crippen molar-refractivity contribution in [3.8, 4) is 5.75 Å². The Kier molecular flexibility index (Phi) is 4.90. The predicted molar refractivity (Wildman–Crippen MR) is 96.1 cm³/mol. The molecule has 0 N–H and O–H groups in total. The number of amides is 1. The smallest absolute Gasteiger partial charge is 0.272 e. The fourth-order valence-electron chi connectivity index (χ4n) is 3.57. The molecule has 0 bridgehead atoms. The highest BCUT2D eigenvalue weighted by Gasteiger charge is 2.26. The number of rotatable bonds is 4. The minimum atomic E-state index is 0.0632. The number of nitrogens with zero attached hydrogens (tertiary/aromatic N) is 4. The summed E-state index contributed by atoms with van der Waals surface area (Å²) in [7, 11) is 1.68. The van der Waals surface area contributed by atoms with Gasteiger partial charge in [0.25, 0.3) is 5.91 Å². The first-order valence-corrected chi connectivity index (χ1v) is 9.01. The van der Waals surface area contributed by atoms with Crippen molar-refractivity contribution in [1.82, 2.24) is 19.4 Å². The molecule has 138 valence electrons. The Morgan fingerprint density at radius 1 is 1.23 bits per heavy atom. The van der Waals surface area contributed by atoms with Crippen molar-refractivity contribution in [3.05, 3.63) is 47.5 Å². The molecule has 26 heavy (non-hydrogen) atoms. The first kappa shape index (κ1) is 17.1. The van der Waals surface area contributed by atoms with E-state index >= 15 is 0 Å². The van der Waals surface area contributed by atoms with Crippen LogP contribution in [0.25, 0.3) is 0 Å². The predicted octanol–water partition coefficient (Wildman–Crippen LogP) is 1.38. The van der Waals surface area contributed by atoms with Gasteiger partial charge in [-0.25, -0.2) is 4.98 Å². The van der Waals surface area contributed by atoms with Crippen molar-refractivity contribution in [2.45, 2.75) is 19.6 Å². The average Bonchev–Trinajstić information content (AvgIpc) is 3.11. The standard InChI is InChI=1S/C19H24N4O3/c1-25-16-4-2-3-15(11-16)13-21-5-6-23-17(12-20-18(23)14-21)19(24)22-7-9-26-10-8-22/h2-4,11-12H,5-10,13-14H2,1H3. The largest absolute Gasteiger partial charge is 0.497 e. The molecule has 7 nitrogen and oxygen atoms in total. The Balaban J connectivity index is 1.44. The minimum absolute atomic E-state index is 0.0632. The van der Waals surface area contributed by atoms with Gasteiger partial charge < -0.3 is 18.9 Å².